The molecule has 2 aromatic heterocycles. The third-order valence-corrected chi connectivity index (χ3v) is 8.16. The fourth-order valence-electron chi connectivity index (χ4n) is 5.65. The second-order valence-corrected chi connectivity index (χ2v) is 11.5. The fourth-order valence-corrected chi connectivity index (χ4v) is 5.65. The number of aromatic hydroxyl groups is 1. The number of aromatic nitrogens is 4. The molecular weight excluding hydrogens is 599 g/mol. The largest absolute Gasteiger partial charge is 0.507 e. The number of piperidine rings is 1. The number of hydrogen-bond acceptors (Lipinski definition) is 8. The molecule has 0 radical (unpaired) electrons. The number of halogens is 3. The van der Waals surface area contributed by atoms with Gasteiger partial charge in [-0.1, -0.05) is 6.07 Å². The standard InChI is InChI=1S/C33H32F3N7O3/c1-18-4-5-19(31(45)40-26-14-22(33(34,35)36)6-7-27(26)46-23-8-10-42(2)11-9-23)12-24(18)25-13-20-15-38-32(37)41-29(20)28(30(25)44)21-16-39-43(3)17-21/h4-7,12-17,23,44H,8-11H2,1-3H3,(H,40,45)(H2,37,38,41). The van der Waals surface area contributed by atoms with Crippen molar-refractivity contribution in [2.24, 2.45) is 7.05 Å². The van der Waals surface area contributed by atoms with Crippen molar-refractivity contribution in [3.05, 3.63) is 77.7 Å². The number of carbonyl (C=O) groups is 1. The zero-order valence-electron chi connectivity index (χ0n) is 25.4. The predicted octanol–water partition coefficient (Wildman–Crippen LogP) is 6.04. The Balaban J connectivity index is 1.39. The van der Waals surface area contributed by atoms with E-state index in [1.54, 1.807) is 54.6 Å². The Morgan fingerprint density at radius 1 is 1.07 bits per heavy atom. The van der Waals surface area contributed by atoms with E-state index >= 15 is 0 Å². The van der Waals surface area contributed by atoms with E-state index in [-0.39, 0.29) is 34.8 Å². The zero-order valence-corrected chi connectivity index (χ0v) is 25.4. The number of anilines is 2. The van der Waals surface area contributed by atoms with Gasteiger partial charge in [-0.25, -0.2) is 9.97 Å². The molecule has 1 fully saturated rings. The number of nitrogens with one attached hydrogen (secondary N) is 1. The normalized spacial score (nSPS) is 14.5. The van der Waals surface area contributed by atoms with Crippen molar-refractivity contribution < 1.29 is 27.8 Å². The maximum absolute atomic E-state index is 13.7. The number of rotatable bonds is 6. The number of nitrogen functional groups attached to an aromatic ring is 1. The van der Waals surface area contributed by atoms with Gasteiger partial charge < -0.3 is 25.8 Å². The van der Waals surface area contributed by atoms with Gasteiger partial charge in [0.2, 0.25) is 5.95 Å². The molecule has 1 aliphatic heterocycles. The van der Waals surface area contributed by atoms with Gasteiger partial charge in [0.05, 0.1) is 28.5 Å². The quantitative estimate of drug-likeness (QED) is 0.207. The number of phenols is 1. The summed E-state index contributed by atoms with van der Waals surface area (Å²) in [6.45, 7) is 3.41. The van der Waals surface area contributed by atoms with Gasteiger partial charge in [-0.15, -0.1) is 0 Å². The predicted molar refractivity (Wildman–Crippen MR) is 169 cm³/mol. The monoisotopic (exact) mass is 631 g/mol. The molecule has 5 aromatic rings. The van der Waals surface area contributed by atoms with E-state index < -0.39 is 17.6 Å². The molecule has 46 heavy (non-hydrogen) atoms. The van der Waals surface area contributed by atoms with Crippen LogP contribution in [0.15, 0.2) is 61.1 Å². The third-order valence-electron chi connectivity index (χ3n) is 8.16. The van der Waals surface area contributed by atoms with Crippen LogP contribution in [0, 0.1) is 6.92 Å². The highest BCUT2D eigenvalue weighted by Gasteiger charge is 2.32. The second-order valence-electron chi connectivity index (χ2n) is 11.5. The number of hydrogen-bond donors (Lipinski definition) is 3. The highest BCUT2D eigenvalue weighted by Crippen LogP contribution is 2.44. The second kappa shape index (κ2) is 12.0. The lowest BCUT2D eigenvalue weighted by molar-refractivity contribution is -0.137. The highest BCUT2D eigenvalue weighted by atomic mass is 19.4. The summed E-state index contributed by atoms with van der Waals surface area (Å²) in [4.78, 5) is 24.2. The van der Waals surface area contributed by atoms with E-state index in [0.717, 1.165) is 30.8 Å². The lowest BCUT2D eigenvalue weighted by atomic mass is 9.92. The third kappa shape index (κ3) is 6.18. The van der Waals surface area contributed by atoms with Gasteiger partial charge in [0.1, 0.15) is 17.6 Å². The van der Waals surface area contributed by atoms with Crippen LogP contribution in [0.4, 0.5) is 24.8 Å². The van der Waals surface area contributed by atoms with Crippen LogP contribution in [0.25, 0.3) is 33.2 Å². The molecule has 3 heterocycles. The van der Waals surface area contributed by atoms with Gasteiger partial charge >= 0.3 is 6.18 Å². The topological polar surface area (TPSA) is 131 Å². The Hall–Kier alpha value is -5.17. The number of aryl methyl sites for hydroxylation is 2. The molecule has 3 aromatic carbocycles. The Kier molecular flexibility index (Phi) is 8.03. The Morgan fingerprint density at radius 2 is 1.83 bits per heavy atom. The minimum Gasteiger partial charge on any atom is -0.507 e. The molecule has 0 atom stereocenters. The number of nitrogens with two attached hydrogens (primary N) is 1. The van der Waals surface area contributed by atoms with Gasteiger partial charge in [0.15, 0.2) is 0 Å². The van der Waals surface area contributed by atoms with E-state index in [4.69, 9.17) is 10.5 Å². The molecule has 10 nitrogen and oxygen atoms in total. The number of likely N-dealkylation sites (tertiary alicyclic amines) is 1. The van der Waals surface area contributed by atoms with Crippen molar-refractivity contribution in [3.8, 4) is 33.8 Å². The summed E-state index contributed by atoms with van der Waals surface area (Å²) in [6, 6.07) is 9.65. The highest BCUT2D eigenvalue weighted by molar-refractivity contribution is 6.07. The Labute approximate surface area is 262 Å². The molecule has 1 amide bonds. The number of phenolic OH excluding ortho intramolecular Hbond substituents is 1. The molecule has 13 heteroatoms. The smallest absolute Gasteiger partial charge is 0.416 e. The summed E-state index contributed by atoms with van der Waals surface area (Å²) in [7, 11) is 3.74. The maximum atomic E-state index is 13.7. The summed E-state index contributed by atoms with van der Waals surface area (Å²) >= 11 is 0. The molecule has 6 rings (SSSR count). The fraction of sp³-hybridized carbons (Fsp3) is 0.273. The SMILES string of the molecule is Cc1ccc(C(=O)Nc2cc(C(F)(F)F)ccc2OC2CCN(C)CC2)cc1-c1cc2cnc(N)nc2c(-c2cnn(C)c2)c1O. The van der Waals surface area contributed by atoms with Gasteiger partial charge in [-0.2, -0.15) is 18.3 Å². The Morgan fingerprint density at radius 3 is 2.52 bits per heavy atom. The van der Waals surface area contributed by atoms with Crippen molar-refractivity contribution in [2.45, 2.75) is 32.0 Å². The number of alkyl halides is 3. The lowest BCUT2D eigenvalue weighted by Gasteiger charge is -2.30. The van der Waals surface area contributed by atoms with Gasteiger partial charge in [-0.3, -0.25) is 9.48 Å². The van der Waals surface area contributed by atoms with Crippen molar-refractivity contribution in [2.75, 3.05) is 31.2 Å². The van der Waals surface area contributed by atoms with Crippen molar-refractivity contribution in [1.82, 2.24) is 24.6 Å². The summed E-state index contributed by atoms with van der Waals surface area (Å²) in [5, 5.41) is 19.1. The average molecular weight is 632 g/mol. The summed E-state index contributed by atoms with van der Waals surface area (Å²) in [5.41, 5.74) is 8.14. The molecule has 0 saturated carbocycles. The zero-order chi connectivity index (χ0) is 32.7. The van der Waals surface area contributed by atoms with E-state index in [0.29, 0.717) is 46.0 Å². The van der Waals surface area contributed by atoms with Crippen molar-refractivity contribution in [3.63, 3.8) is 0 Å². The minimum atomic E-state index is -4.61. The first-order valence-corrected chi connectivity index (χ1v) is 14.6. The van der Waals surface area contributed by atoms with Crippen LogP contribution in [0.5, 0.6) is 11.5 Å². The summed E-state index contributed by atoms with van der Waals surface area (Å²) in [6.07, 6.45) is 1.47. The first-order chi connectivity index (χ1) is 21.9. The number of carbonyl (C=O) groups excluding carboxylic acids is 1. The number of amides is 1. The molecule has 0 spiro atoms. The first-order valence-electron chi connectivity index (χ1n) is 14.6. The van der Waals surface area contributed by atoms with Gasteiger partial charge in [-0.05, 0) is 74.3 Å². The van der Waals surface area contributed by atoms with E-state index in [2.05, 4.69) is 25.3 Å². The van der Waals surface area contributed by atoms with Crippen LogP contribution in [-0.2, 0) is 13.2 Å². The molecular formula is C33H32F3N7O3. The van der Waals surface area contributed by atoms with E-state index in [1.165, 1.54) is 6.07 Å². The van der Waals surface area contributed by atoms with Crippen LogP contribution in [0.2, 0.25) is 0 Å². The van der Waals surface area contributed by atoms with Crippen LogP contribution >= 0.6 is 0 Å². The van der Waals surface area contributed by atoms with Crippen LogP contribution in [0.1, 0.15) is 34.3 Å². The number of ether oxygens (including phenoxy) is 1. The molecule has 4 N–H and O–H groups in total. The first kappa shape index (κ1) is 30.8. The van der Waals surface area contributed by atoms with E-state index in [9.17, 15) is 23.1 Å². The van der Waals surface area contributed by atoms with Gasteiger partial charge in [0.25, 0.3) is 5.91 Å². The number of fused-ring (bicyclic) bond motifs is 1. The molecule has 1 aliphatic rings. The Bertz CT molecular complexity index is 1950. The van der Waals surface area contributed by atoms with Crippen molar-refractivity contribution in [1.29, 1.82) is 0 Å². The summed E-state index contributed by atoms with van der Waals surface area (Å²) < 4.78 is 48.7. The number of benzene rings is 3. The minimum absolute atomic E-state index is 0.0356. The molecule has 0 aliphatic carbocycles. The van der Waals surface area contributed by atoms with Crippen LogP contribution < -0.4 is 15.8 Å². The molecule has 1 saturated heterocycles. The lowest BCUT2D eigenvalue weighted by Crippen LogP contribution is -2.35. The number of nitrogens with zero attached hydrogens (tertiary/aromatic N) is 5. The van der Waals surface area contributed by atoms with E-state index in [1.807, 2.05) is 14.0 Å². The molecule has 0 unspecified atom stereocenters. The summed E-state index contributed by atoms with van der Waals surface area (Å²) in [5.74, 6) is -0.548. The average Bonchev–Trinajstić information content (AvgIpc) is 3.44. The van der Waals surface area contributed by atoms with Crippen LogP contribution in [-0.4, -0.2) is 61.9 Å². The van der Waals surface area contributed by atoms with Gasteiger partial charge in [0, 0.05) is 54.6 Å². The van der Waals surface area contributed by atoms with Crippen molar-refractivity contribution >= 4 is 28.4 Å². The molecule has 0 bridgehead atoms. The molecule has 238 valence electrons. The maximum Gasteiger partial charge on any atom is 0.416 e. The van der Waals surface area contributed by atoms with Crippen LogP contribution in [0.3, 0.4) is 0 Å².